The van der Waals surface area contributed by atoms with E-state index in [4.69, 9.17) is 0 Å². The number of rotatable bonds is 2. The number of nitrogens with one attached hydrogen (secondary N) is 1. The second-order valence-corrected chi connectivity index (χ2v) is 4.80. The smallest absolute Gasteiger partial charge is 0.156 e. The molecule has 1 aliphatic heterocycles. The molecule has 0 unspecified atom stereocenters. The zero-order valence-electron chi connectivity index (χ0n) is 10.7. The summed E-state index contributed by atoms with van der Waals surface area (Å²) < 4.78 is 0. The molecule has 0 saturated carbocycles. The van der Waals surface area contributed by atoms with Gasteiger partial charge in [0.15, 0.2) is 5.82 Å². The molecule has 1 atom stereocenters. The first-order valence-electron chi connectivity index (χ1n) is 6.29. The maximum atomic E-state index is 4.58. The standard InChI is InChI=1S/C13H17N5/c1-9-16-10(12-4-3-7-18(12)2)8-11(17-9)13-14-5-6-15-13/h5-6,8,12H,3-4,7H2,1-2H3,(H,14,15)/t12-/m1/s1. The van der Waals surface area contributed by atoms with Crippen molar-refractivity contribution in [3.8, 4) is 11.5 Å². The van der Waals surface area contributed by atoms with Crippen LogP contribution in [0.1, 0.15) is 30.4 Å². The number of nitrogens with zero attached hydrogens (tertiary/aromatic N) is 4. The van der Waals surface area contributed by atoms with Crippen LogP contribution in [-0.4, -0.2) is 38.4 Å². The Morgan fingerprint density at radius 2 is 2.28 bits per heavy atom. The molecule has 5 heteroatoms. The molecule has 1 N–H and O–H groups in total. The number of hydrogen-bond acceptors (Lipinski definition) is 4. The van der Waals surface area contributed by atoms with E-state index in [1.165, 1.54) is 12.8 Å². The van der Waals surface area contributed by atoms with Crippen molar-refractivity contribution < 1.29 is 0 Å². The SMILES string of the molecule is Cc1nc(-c2ncc[nH]2)cc([C@H]2CCCN2C)n1. The van der Waals surface area contributed by atoms with Gasteiger partial charge in [0, 0.05) is 12.4 Å². The van der Waals surface area contributed by atoms with Crippen molar-refractivity contribution in [1.29, 1.82) is 0 Å². The van der Waals surface area contributed by atoms with Crippen LogP contribution in [-0.2, 0) is 0 Å². The lowest BCUT2D eigenvalue weighted by Crippen LogP contribution is -2.19. The molecule has 0 spiro atoms. The molecule has 18 heavy (non-hydrogen) atoms. The monoisotopic (exact) mass is 243 g/mol. The maximum Gasteiger partial charge on any atom is 0.156 e. The molecule has 0 aromatic carbocycles. The average Bonchev–Trinajstić information content (AvgIpc) is 2.98. The Bertz CT molecular complexity index is 534. The van der Waals surface area contributed by atoms with Crippen LogP contribution in [0.5, 0.6) is 0 Å². The Labute approximate surface area is 106 Å². The van der Waals surface area contributed by atoms with Crippen LogP contribution < -0.4 is 0 Å². The zero-order valence-corrected chi connectivity index (χ0v) is 10.7. The van der Waals surface area contributed by atoms with Gasteiger partial charge in [-0.05, 0) is 39.4 Å². The Hall–Kier alpha value is -1.75. The van der Waals surface area contributed by atoms with Crippen LogP contribution in [0.15, 0.2) is 18.5 Å². The van der Waals surface area contributed by atoms with Crippen molar-refractivity contribution in [2.45, 2.75) is 25.8 Å². The van der Waals surface area contributed by atoms with Crippen molar-refractivity contribution in [1.82, 2.24) is 24.8 Å². The highest BCUT2D eigenvalue weighted by Crippen LogP contribution is 2.30. The van der Waals surface area contributed by atoms with Gasteiger partial charge < -0.3 is 4.98 Å². The Morgan fingerprint density at radius 1 is 1.39 bits per heavy atom. The molecule has 3 heterocycles. The lowest BCUT2D eigenvalue weighted by Gasteiger charge is -2.19. The van der Waals surface area contributed by atoms with E-state index in [2.05, 4.69) is 37.9 Å². The second kappa shape index (κ2) is 4.49. The first-order valence-corrected chi connectivity index (χ1v) is 6.29. The van der Waals surface area contributed by atoms with Gasteiger partial charge in [-0.2, -0.15) is 0 Å². The fourth-order valence-electron chi connectivity index (χ4n) is 2.57. The minimum Gasteiger partial charge on any atom is -0.343 e. The van der Waals surface area contributed by atoms with Gasteiger partial charge in [-0.25, -0.2) is 15.0 Å². The van der Waals surface area contributed by atoms with Crippen LogP contribution in [0.25, 0.3) is 11.5 Å². The van der Waals surface area contributed by atoms with Crippen molar-refractivity contribution in [3.05, 3.63) is 30.0 Å². The number of H-pyrrole nitrogens is 1. The zero-order chi connectivity index (χ0) is 12.5. The van der Waals surface area contributed by atoms with Crippen LogP contribution >= 0.6 is 0 Å². The number of likely N-dealkylation sites (tertiary alicyclic amines) is 1. The van der Waals surface area contributed by atoms with E-state index >= 15 is 0 Å². The fourth-order valence-corrected chi connectivity index (χ4v) is 2.57. The van der Waals surface area contributed by atoms with E-state index in [9.17, 15) is 0 Å². The molecular weight excluding hydrogens is 226 g/mol. The molecule has 0 radical (unpaired) electrons. The predicted molar refractivity (Wildman–Crippen MR) is 69.0 cm³/mol. The van der Waals surface area contributed by atoms with E-state index < -0.39 is 0 Å². The van der Waals surface area contributed by atoms with Gasteiger partial charge in [-0.1, -0.05) is 0 Å². The molecule has 5 nitrogen and oxygen atoms in total. The molecule has 0 bridgehead atoms. The summed E-state index contributed by atoms with van der Waals surface area (Å²) in [6.07, 6.45) is 5.97. The number of aromatic amines is 1. The van der Waals surface area contributed by atoms with Crippen molar-refractivity contribution in [2.24, 2.45) is 0 Å². The van der Waals surface area contributed by atoms with Crippen molar-refractivity contribution in [3.63, 3.8) is 0 Å². The summed E-state index contributed by atoms with van der Waals surface area (Å²) in [4.78, 5) is 18.7. The largest absolute Gasteiger partial charge is 0.343 e. The number of aryl methyl sites for hydroxylation is 1. The van der Waals surface area contributed by atoms with Gasteiger partial charge >= 0.3 is 0 Å². The first kappa shape index (κ1) is 11.3. The van der Waals surface area contributed by atoms with Gasteiger partial charge in [-0.3, -0.25) is 4.90 Å². The Kier molecular flexibility index (Phi) is 2.83. The normalized spacial score (nSPS) is 20.4. The molecule has 0 aliphatic carbocycles. The van der Waals surface area contributed by atoms with Gasteiger partial charge in [0.2, 0.25) is 0 Å². The van der Waals surface area contributed by atoms with Gasteiger partial charge in [-0.15, -0.1) is 0 Å². The first-order chi connectivity index (χ1) is 8.74. The number of hydrogen-bond donors (Lipinski definition) is 1. The third-order valence-corrected chi connectivity index (χ3v) is 3.46. The lowest BCUT2D eigenvalue weighted by atomic mass is 10.1. The third kappa shape index (κ3) is 2.01. The average molecular weight is 243 g/mol. The number of aromatic nitrogens is 4. The Balaban J connectivity index is 2.01. The molecule has 94 valence electrons. The van der Waals surface area contributed by atoms with E-state index in [0.717, 1.165) is 29.6 Å². The van der Waals surface area contributed by atoms with Gasteiger partial charge in [0.25, 0.3) is 0 Å². The van der Waals surface area contributed by atoms with Crippen molar-refractivity contribution >= 4 is 0 Å². The summed E-state index contributed by atoms with van der Waals surface area (Å²) in [7, 11) is 2.15. The summed E-state index contributed by atoms with van der Waals surface area (Å²) in [6.45, 7) is 3.08. The molecule has 3 rings (SSSR count). The molecular formula is C13H17N5. The summed E-state index contributed by atoms with van der Waals surface area (Å²) in [5, 5.41) is 0. The van der Waals surface area contributed by atoms with Gasteiger partial charge in [0.05, 0.1) is 11.7 Å². The van der Waals surface area contributed by atoms with E-state index in [1.807, 2.05) is 13.1 Å². The molecule has 2 aromatic heterocycles. The molecule has 1 aliphatic rings. The number of imidazole rings is 1. The second-order valence-electron chi connectivity index (χ2n) is 4.80. The van der Waals surface area contributed by atoms with E-state index in [0.29, 0.717) is 6.04 Å². The molecule has 2 aromatic rings. The quantitative estimate of drug-likeness (QED) is 0.875. The molecule has 0 amide bonds. The predicted octanol–water partition coefficient (Wildman–Crippen LogP) is 1.94. The highest BCUT2D eigenvalue weighted by molar-refractivity contribution is 5.49. The van der Waals surface area contributed by atoms with E-state index in [-0.39, 0.29) is 0 Å². The van der Waals surface area contributed by atoms with Crippen LogP contribution in [0.3, 0.4) is 0 Å². The van der Waals surface area contributed by atoms with Crippen LogP contribution in [0, 0.1) is 6.92 Å². The molecule has 1 saturated heterocycles. The van der Waals surface area contributed by atoms with Crippen LogP contribution in [0.4, 0.5) is 0 Å². The lowest BCUT2D eigenvalue weighted by molar-refractivity contribution is 0.311. The fraction of sp³-hybridized carbons (Fsp3) is 0.462. The minimum atomic E-state index is 0.417. The topological polar surface area (TPSA) is 57.7 Å². The summed E-state index contributed by atoms with van der Waals surface area (Å²) >= 11 is 0. The van der Waals surface area contributed by atoms with Gasteiger partial charge in [0.1, 0.15) is 11.5 Å². The van der Waals surface area contributed by atoms with Crippen LogP contribution in [0.2, 0.25) is 0 Å². The molecule has 1 fully saturated rings. The summed E-state index contributed by atoms with van der Waals surface area (Å²) in [5.74, 6) is 1.61. The van der Waals surface area contributed by atoms with Crippen molar-refractivity contribution in [2.75, 3.05) is 13.6 Å². The minimum absolute atomic E-state index is 0.417. The summed E-state index contributed by atoms with van der Waals surface area (Å²) in [5.41, 5.74) is 1.98. The highest BCUT2D eigenvalue weighted by atomic mass is 15.2. The Morgan fingerprint density at radius 3 is 2.94 bits per heavy atom. The third-order valence-electron chi connectivity index (χ3n) is 3.46. The maximum absolute atomic E-state index is 4.58. The summed E-state index contributed by atoms with van der Waals surface area (Å²) in [6, 6.07) is 2.47. The van der Waals surface area contributed by atoms with E-state index in [1.54, 1.807) is 6.20 Å². The highest BCUT2D eigenvalue weighted by Gasteiger charge is 2.24.